The van der Waals surface area contributed by atoms with Gasteiger partial charge >= 0.3 is 0 Å². The van der Waals surface area contributed by atoms with Crippen LogP contribution in [0.15, 0.2) is 18.9 Å². The lowest BCUT2D eigenvalue weighted by Gasteiger charge is -2.11. The van der Waals surface area contributed by atoms with Crippen molar-refractivity contribution >= 4 is 11.6 Å². The second kappa shape index (κ2) is 4.44. The highest BCUT2D eigenvalue weighted by Gasteiger charge is 2.14. The van der Waals surface area contributed by atoms with Crippen LogP contribution in [0.1, 0.15) is 25.1 Å². The predicted molar refractivity (Wildman–Crippen MR) is 54.7 cm³/mol. The average Bonchev–Trinajstić information content (AvgIpc) is 2.47. The van der Waals surface area contributed by atoms with Gasteiger partial charge in [-0.2, -0.15) is 5.10 Å². The number of halogens is 1. The third-order valence-corrected chi connectivity index (χ3v) is 2.20. The summed E-state index contributed by atoms with van der Waals surface area (Å²) in [4.78, 5) is 0. The summed E-state index contributed by atoms with van der Waals surface area (Å²) < 4.78 is 1.82. The summed E-state index contributed by atoms with van der Waals surface area (Å²) in [7, 11) is 0. The summed E-state index contributed by atoms with van der Waals surface area (Å²) >= 11 is 5.96. The van der Waals surface area contributed by atoms with Gasteiger partial charge in [-0.25, -0.2) is 0 Å². The lowest BCUT2D eigenvalue weighted by molar-refractivity contribution is 0.573. The minimum Gasteiger partial charge on any atom is -0.322 e. The van der Waals surface area contributed by atoms with E-state index >= 15 is 0 Å². The molecule has 13 heavy (non-hydrogen) atoms. The van der Waals surface area contributed by atoms with Crippen molar-refractivity contribution in [3.05, 3.63) is 29.6 Å². The Labute approximate surface area is 83.2 Å². The summed E-state index contributed by atoms with van der Waals surface area (Å²) in [5.74, 6) is 0. The molecule has 1 aromatic heterocycles. The minimum absolute atomic E-state index is 0.104. The Hall–Kier alpha value is -0.800. The predicted octanol–water partition coefficient (Wildman–Crippen LogP) is 2.13. The van der Waals surface area contributed by atoms with Crippen LogP contribution < -0.4 is 5.73 Å². The lowest BCUT2D eigenvalue weighted by Crippen LogP contribution is -2.15. The molecule has 1 unspecified atom stereocenters. The van der Waals surface area contributed by atoms with Crippen molar-refractivity contribution in [1.29, 1.82) is 0 Å². The molecule has 0 saturated carbocycles. The zero-order valence-corrected chi connectivity index (χ0v) is 8.46. The van der Waals surface area contributed by atoms with Crippen LogP contribution in [0.4, 0.5) is 0 Å². The first-order valence-corrected chi connectivity index (χ1v) is 4.66. The Morgan fingerprint density at radius 1 is 1.85 bits per heavy atom. The van der Waals surface area contributed by atoms with E-state index in [4.69, 9.17) is 17.3 Å². The van der Waals surface area contributed by atoms with Crippen molar-refractivity contribution in [2.75, 3.05) is 0 Å². The molecule has 1 heterocycles. The zero-order valence-electron chi connectivity index (χ0n) is 7.70. The lowest BCUT2D eigenvalue weighted by atomic mass is 10.1. The Morgan fingerprint density at radius 3 is 3.08 bits per heavy atom. The number of aromatic nitrogens is 2. The highest BCUT2D eigenvalue weighted by atomic mass is 35.5. The van der Waals surface area contributed by atoms with E-state index in [-0.39, 0.29) is 6.04 Å². The summed E-state index contributed by atoms with van der Waals surface area (Å²) in [5, 5.41) is 4.74. The van der Waals surface area contributed by atoms with Crippen LogP contribution >= 0.6 is 11.6 Å². The largest absolute Gasteiger partial charge is 0.322 e. The summed E-state index contributed by atoms with van der Waals surface area (Å²) in [6.45, 7) is 6.43. The molecule has 72 valence electrons. The maximum absolute atomic E-state index is 5.96. The Bertz CT molecular complexity index is 293. The third kappa shape index (κ3) is 2.11. The van der Waals surface area contributed by atoms with Gasteiger partial charge in [0.25, 0.3) is 0 Å². The van der Waals surface area contributed by atoms with E-state index in [0.29, 0.717) is 11.4 Å². The Balaban J connectivity index is 2.95. The van der Waals surface area contributed by atoms with Crippen molar-refractivity contribution in [2.45, 2.75) is 25.9 Å². The summed E-state index contributed by atoms with van der Waals surface area (Å²) in [5.41, 5.74) is 6.80. The van der Waals surface area contributed by atoms with Crippen LogP contribution in [0.2, 0.25) is 5.02 Å². The first kappa shape index (κ1) is 10.3. The van der Waals surface area contributed by atoms with Crippen molar-refractivity contribution < 1.29 is 0 Å². The number of nitrogens with zero attached hydrogens (tertiary/aromatic N) is 2. The van der Waals surface area contributed by atoms with Crippen LogP contribution in [-0.2, 0) is 6.54 Å². The van der Waals surface area contributed by atoms with Crippen molar-refractivity contribution in [1.82, 2.24) is 9.78 Å². The third-order valence-electron chi connectivity index (χ3n) is 1.90. The zero-order chi connectivity index (χ0) is 9.84. The number of hydrogen-bond acceptors (Lipinski definition) is 2. The maximum Gasteiger partial charge on any atom is 0.0834 e. The van der Waals surface area contributed by atoms with Gasteiger partial charge in [0.2, 0.25) is 0 Å². The van der Waals surface area contributed by atoms with Crippen LogP contribution in [0.3, 0.4) is 0 Å². The second-order valence-electron chi connectivity index (χ2n) is 2.82. The Kier molecular flexibility index (Phi) is 3.51. The fourth-order valence-electron chi connectivity index (χ4n) is 1.28. The smallest absolute Gasteiger partial charge is 0.0834 e. The van der Waals surface area contributed by atoms with E-state index in [1.54, 1.807) is 12.3 Å². The molecule has 0 aliphatic carbocycles. The van der Waals surface area contributed by atoms with E-state index in [2.05, 4.69) is 11.7 Å². The quantitative estimate of drug-likeness (QED) is 0.756. The number of hydrogen-bond donors (Lipinski definition) is 1. The second-order valence-corrected chi connectivity index (χ2v) is 3.23. The van der Waals surface area contributed by atoms with Crippen molar-refractivity contribution in [3.63, 3.8) is 0 Å². The molecular formula is C9H14ClN3. The molecule has 0 saturated heterocycles. The minimum atomic E-state index is -0.104. The molecule has 1 aromatic rings. The van der Waals surface area contributed by atoms with Gasteiger partial charge in [0.1, 0.15) is 0 Å². The molecule has 0 spiro atoms. The molecule has 0 fully saturated rings. The van der Waals surface area contributed by atoms with Gasteiger partial charge in [-0.15, -0.1) is 6.58 Å². The van der Waals surface area contributed by atoms with Crippen LogP contribution in [0.5, 0.6) is 0 Å². The molecule has 0 bridgehead atoms. The van der Waals surface area contributed by atoms with Crippen molar-refractivity contribution in [2.24, 2.45) is 5.73 Å². The SMILES string of the molecule is C=CCC(N)c1c(Cl)cnn1CC. The van der Waals surface area contributed by atoms with Gasteiger partial charge in [0.15, 0.2) is 0 Å². The molecule has 4 heteroatoms. The standard InChI is InChI=1S/C9H14ClN3/c1-3-5-8(11)9-7(10)6-12-13(9)4-2/h3,6,8H,1,4-5,11H2,2H3. The van der Waals surface area contributed by atoms with Crippen LogP contribution in [0.25, 0.3) is 0 Å². The molecular weight excluding hydrogens is 186 g/mol. The Morgan fingerprint density at radius 2 is 2.54 bits per heavy atom. The molecule has 1 atom stereocenters. The number of rotatable bonds is 4. The number of aryl methyl sites for hydroxylation is 1. The normalized spacial score (nSPS) is 12.8. The van der Waals surface area contributed by atoms with Gasteiger partial charge < -0.3 is 5.73 Å². The molecule has 2 N–H and O–H groups in total. The molecule has 0 aliphatic heterocycles. The van der Waals surface area contributed by atoms with E-state index in [1.165, 1.54) is 0 Å². The topological polar surface area (TPSA) is 43.8 Å². The first-order chi connectivity index (χ1) is 6.20. The monoisotopic (exact) mass is 199 g/mol. The average molecular weight is 200 g/mol. The van der Waals surface area contributed by atoms with Crippen LogP contribution in [0, 0.1) is 0 Å². The molecule has 0 aliphatic rings. The van der Waals surface area contributed by atoms with Gasteiger partial charge in [-0.3, -0.25) is 4.68 Å². The molecule has 0 radical (unpaired) electrons. The fourth-order valence-corrected chi connectivity index (χ4v) is 1.57. The van der Waals surface area contributed by atoms with Crippen LogP contribution in [-0.4, -0.2) is 9.78 Å². The van der Waals surface area contributed by atoms with E-state index in [9.17, 15) is 0 Å². The van der Waals surface area contributed by atoms with Gasteiger partial charge in [-0.1, -0.05) is 17.7 Å². The van der Waals surface area contributed by atoms with E-state index < -0.39 is 0 Å². The molecule has 3 nitrogen and oxygen atoms in total. The molecule has 0 aromatic carbocycles. The number of nitrogens with two attached hydrogens (primary N) is 1. The van der Waals surface area contributed by atoms with Gasteiger partial charge in [0.05, 0.1) is 23.0 Å². The van der Waals surface area contributed by atoms with Crippen molar-refractivity contribution in [3.8, 4) is 0 Å². The fraction of sp³-hybridized carbons (Fsp3) is 0.444. The first-order valence-electron chi connectivity index (χ1n) is 4.28. The highest BCUT2D eigenvalue weighted by Crippen LogP contribution is 2.23. The van der Waals surface area contributed by atoms with E-state index in [1.807, 2.05) is 11.6 Å². The van der Waals surface area contributed by atoms with Gasteiger partial charge in [0, 0.05) is 6.54 Å². The molecule has 1 rings (SSSR count). The maximum atomic E-state index is 5.96. The highest BCUT2D eigenvalue weighted by molar-refractivity contribution is 6.31. The van der Waals surface area contributed by atoms with E-state index in [0.717, 1.165) is 12.2 Å². The summed E-state index contributed by atoms with van der Waals surface area (Å²) in [6.07, 6.45) is 4.13. The van der Waals surface area contributed by atoms with Gasteiger partial charge in [-0.05, 0) is 13.3 Å². The summed E-state index contributed by atoms with van der Waals surface area (Å²) in [6, 6.07) is -0.104. The molecule has 0 amide bonds.